The van der Waals surface area contributed by atoms with Gasteiger partial charge in [-0.25, -0.2) is 12.7 Å². The van der Waals surface area contributed by atoms with E-state index in [2.05, 4.69) is 12.1 Å². The van der Waals surface area contributed by atoms with Gasteiger partial charge in [0.1, 0.15) is 0 Å². The minimum absolute atomic E-state index is 0.0741. The Hall–Kier alpha value is -1.40. The van der Waals surface area contributed by atoms with Gasteiger partial charge in [-0.15, -0.1) is 0 Å². The molecule has 0 aliphatic carbocycles. The molecule has 1 saturated heterocycles. The number of rotatable bonds is 6. The molecule has 1 fully saturated rings. The van der Waals surface area contributed by atoms with Crippen LogP contribution < -0.4 is 0 Å². The van der Waals surface area contributed by atoms with Gasteiger partial charge in [-0.2, -0.15) is 0 Å². The van der Waals surface area contributed by atoms with Gasteiger partial charge >= 0.3 is 5.97 Å². The smallest absolute Gasteiger partial charge is 0.303 e. The molecular formula is C15H21NO4S. The molecule has 2 rings (SSSR count). The van der Waals surface area contributed by atoms with Crippen molar-refractivity contribution in [1.82, 2.24) is 4.31 Å². The maximum Gasteiger partial charge on any atom is 0.303 e. The van der Waals surface area contributed by atoms with Crippen LogP contribution in [0.1, 0.15) is 37.2 Å². The highest BCUT2D eigenvalue weighted by Crippen LogP contribution is 2.29. The van der Waals surface area contributed by atoms with Crippen molar-refractivity contribution in [2.75, 3.05) is 18.8 Å². The minimum Gasteiger partial charge on any atom is -0.481 e. The molecule has 0 amide bonds. The van der Waals surface area contributed by atoms with E-state index >= 15 is 0 Å². The van der Waals surface area contributed by atoms with Crippen molar-refractivity contribution in [3.63, 3.8) is 0 Å². The molecule has 0 atom stereocenters. The van der Waals surface area contributed by atoms with Crippen LogP contribution in [0.15, 0.2) is 30.3 Å². The average molecular weight is 311 g/mol. The Morgan fingerprint density at radius 3 is 2.38 bits per heavy atom. The van der Waals surface area contributed by atoms with Crippen molar-refractivity contribution in [3.8, 4) is 0 Å². The van der Waals surface area contributed by atoms with Crippen LogP contribution in [0.3, 0.4) is 0 Å². The minimum atomic E-state index is -3.31. The highest BCUT2D eigenvalue weighted by atomic mass is 32.2. The molecule has 21 heavy (non-hydrogen) atoms. The number of carboxylic acids is 1. The molecule has 0 unspecified atom stereocenters. The van der Waals surface area contributed by atoms with Crippen LogP contribution in [0.25, 0.3) is 0 Å². The van der Waals surface area contributed by atoms with Gasteiger partial charge in [-0.3, -0.25) is 4.79 Å². The first kappa shape index (κ1) is 16.0. The van der Waals surface area contributed by atoms with Gasteiger partial charge in [-0.1, -0.05) is 30.3 Å². The summed E-state index contributed by atoms with van der Waals surface area (Å²) in [5.74, 6) is -0.611. The lowest BCUT2D eigenvalue weighted by molar-refractivity contribution is -0.137. The van der Waals surface area contributed by atoms with Crippen LogP contribution in [0, 0.1) is 0 Å². The maximum absolute atomic E-state index is 12.1. The molecule has 116 valence electrons. The fourth-order valence-corrected chi connectivity index (χ4v) is 4.26. The Morgan fingerprint density at radius 2 is 1.81 bits per heavy atom. The molecule has 0 aromatic heterocycles. The van der Waals surface area contributed by atoms with Crippen molar-refractivity contribution in [2.24, 2.45) is 0 Å². The van der Waals surface area contributed by atoms with E-state index < -0.39 is 16.0 Å². The molecule has 1 heterocycles. The maximum atomic E-state index is 12.1. The predicted octanol–water partition coefficient (Wildman–Crippen LogP) is 2.06. The average Bonchev–Trinajstić information content (AvgIpc) is 2.48. The number of hydrogen-bond donors (Lipinski definition) is 1. The molecular weight excluding hydrogens is 290 g/mol. The van der Waals surface area contributed by atoms with Gasteiger partial charge in [0.25, 0.3) is 0 Å². The van der Waals surface area contributed by atoms with E-state index in [-0.39, 0.29) is 18.6 Å². The Balaban J connectivity index is 1.87. The lowest BCUT2D eigenvalue weighted by Crippen LogP contribution is -2.39. The van der Waals surface area contributed by atoms with E-state index in [4.69, 9.17) is 5.11 Å². The third kappa shape index (κ3) is 4.54. The molecule has 1 aromatic carbocycles. The summed E-state index contributed by atoms with van der Waals surface area (Å²) >= 11 is 0. The van der Waals surface area contributed by atoms with Crippen LogP contribution >= 0.6 is 0 Å². The first-order valence-corrected chi connectivity index (χ1v) is 8.84. The monoisotopic (exact) mass is 311 g/mol. The topological polar surface area (TPSA) is 74.7 Å². The number of hydrogen-bond acceptors (Lipinski definition) is 3. The van der Waals surface area contributed by atoms with Gasteiger partial charge in [0, 0.05) is 19.5 Å². The first-order valence-electron chi connectivity index (χ1n) is 7.23. The van der Waals surface area contributed by atoms with Gasteiger partial charge in [0.2, 0.25) is 10.0 Å². The second-order valence-corrected chi connectivity index (χ2v) is 7.49. The molecule has 1 N–H and O–H groups in total. The summed E-state index contributed by atoms with van der Waals surface area (Å²) in [6, 6.07) is 10.2. The number of sulfonamides is 1. The van der Waals surface area contributed by atoms with Crippen LogP contribution in [-0.2, 0) is 14.8 Å². The zero-order chi connectivity index (χ0) is 15.3. The Labute approximate surface area is 125 Å². The van der Waals surface area contributed by atoms with Gasteiger partial charge in [-0.05, 0) is 30.7 Å². The van der Waals surface area contributed by atoms with E-state index in [1.54, 1.807) is 0 Å². The van der Waals surface area contributed by atoms with Crippen LogP contribution in [0.2, 0.25) is 0 Å². The van der Waals surface area contributed by atoms with Gasteiger partial charge in [0.15, 0.2) is 0 Å². The fourth-order valence-electron chi connectivity index (χ4n) is 2.73. The quantitative estimate of drug-likeness (QED) is 0.872. The largest absolute Gasteiger partial charge is 0.481 e. The highest BCUT2D eigenvalue weighted by Gasteiger charge is 2.28. The molecule has 0 spiro atoms. The summed E-state index contributed by atoms with van der Waals surface area (Å²) in [5, 5.41) is 8.57. The van der Waals surface area contributed by atoms with Crippen molar-refractivity contribution < 1.29 is 18.3 Å². The van der Waals surface area contributed by atoms with E-state index in [1.807, 2.05) is 18.2 Å². The summed E-state index contributed by atoms with van der Waals surface area (Å²) in [6.07, 6.45) is 1.72. The Morgan fingerprint density at radius 1 is 1.19 bits per heavy atom. The molecule has 5 nitrogen and oxygen atoms in total. The molecule has 0 bridgehead atoms. The second-order valence-electron chi connectivity index (χ2n) is 5.40. The zero-order valence-corrected chi connectivity index (χ0v) is 12.8. The second kappa shape index (κ2) is 7.04. The summed E-state index contributed by atoms with van der Waals surface area (Å²) in [5.41, 5.74) is 1.26. The zero-order valence-electron chi connectivity index (χ0n) is 11.9. The van der Waals surface area contributed by atoms with Crippen molar-refractivity contribution in [3.05, 3.63) is 35.9 Å². The summed E-state index contributed by atoms with van der Waals surface area (Å²) in [4.78, 5) is 10.5. The lowest BCUT2D eigenvalue weighted by atomic mass is 9.90. The number of aliphatic carboxylic acids is 1. The normalized spacial score (nSPS) is 17.7. The molecule has 1 aromatic rings. The molecule has 0 saturated carbocycles. The SMILES string of the molecule is O=C(O)CCCS(=O)(=O)N1CCC(c2ccccc2)CC1. The van der Waals surface area contributed by atoms with Crippen molar-refractivity contribution in [2.45, 2.75) is 31.6 Å². The van der Waals surface area contributed by atoms with Crippen molar-refractivity contribution in [1.29, 1.82) is 0 Å². The number of benzene rings is 1. The fraction of sp³-hybridized carbons (Fsp3) is 0.533. The number of carbonyl (C=O) groups is 1. The number of nitrogens with zero attached hydrogens (tertiary/aromatic N) is 1. The standard InChI is InChI=1S/C15H21NO4S/c17-15(18)7-4-12-21(19,20)16-10-8-14(9-11-16)13-5-2-1-3-6-13/h1-3,5-6,14H,4,7-12H2,(H,17,18). The lowest BCUT2D eigenvalue weighted by Gasteiger charge is -2.31. The van der Waals surface area contributed by atoms with Gasteiger partial charge in [0.05, 0.1) is 5.75 Å². The third-order valence-corrected chi connectivity index (χ3v) is 5.87. The summed E-state index contributed by atoms with van der Waals surface area (Å²) in [6.45, 7) is 1.05. The first-order chi connectivity index (χ1) is 9.99. The Kier molecular flexibility index (Phi) is 5.36. The summed E-state index contributed by atoms with van der Waals surface area (Å²) < 4.78 is 25.8. The number of carboxylic acid groups (broad SMARTS) is 1. The third-order valence-electron chi connectivity index (χ3n) is 3.91. The van der Waals surface area contributed by atoms with E-state index in [1.165, 1.54) is 9.87 Å². The van der Waals surface area contributed by atoms with Crippen LogP contribution in [-0.4, -0.2) is 42.6 Å². The molecule has 0 radical (unpaired) electrons. The van der Waals surface area contributed by atoms with E-state index in [9.17, 15) is 13.2 Å². The van der Waals surface area contributed by atoms with Crippen LogP contribution in [0.4, 0.5) is 0 Å². The summed E-state index contributed by atoms with van der Waals surface area (Å²) in [7, 11) is -3.31. The molecule has 1 aliphatic heterocycles. The predicted molar refractivity (Wildman–Crippen MR) is 80.6 cm³/mol. The van der Waals surface area contributed by atoms with Crippen LogP contribution in [0.5, 0.6) is 0 Å². The van der Waals surface area contributed by atoms with E-state index in [0.29, 0.717) is 19.0 Å². The highest BCUT2D eigenvalue weighted by molar-refractivity contribution is 7.89. The van der Waals surface area contributed by atoms with E-state index in [0.717, 1.165) is 12.8 Å². The number of piperidine rings is 1. The molecule has 1 aliphatic rings. The Bertz CT molecular complexity index is 563. The van der Waals surface area contributed by atoms with Crippen molar-refractivity contribution >= 4 is 16.0 Å². The van der Waals surface area contributed by atoms with Gasteiger partial charge < -0.3 is 5.11 Å². The molecule has 6 heteroatoms.